The lowest BCUT2D eigenvalue weighted by molar-refractivity contribution is 0.100. The third-order valence-electron chi connectivity index (χ3n) is 2.60. The highest BCUT2D eigenvalue weighted by atomic mass is 32.1. The largest absolute Gasteiger partial charge is 0.368 e. The molecule has 0 bridgehead atoms. The van der Waals surface area contributed by atoms with Crippen LogP contribution >= 0.6 is 11.3 Å². The molecule has 0 spiro atoms. The number of nitrogens with two attached hydrogens (primary N) is 2. The number of rotatable bonds is 2. The van der Waals surface area contributed by atoms with E-state index in [1.165, 1.54) is 28.4 Å². The quantitative estimate of drug-likeness (QED) is 0.719. The Balaban J connectivity index is 2.25. The van der Waals surface area contributed by atoms with Gasteiger partial charge in [0.05, 0.1) is 17.1 Å². The SMILES string of the molecule is Cc1cc2c(-n3cc(C(N)=O)cn3)nc(N)nc2s1. The number of nitrogen functional groups attached to an aromatic ring is 1. The molecule has 8 heteroatoms. The minimum Gasteiger partial charge on any atom is -0.368 e. The van der Waals surface area contributed by atoms with E-state index in [1.807, 2.05) is 13.0 Å². The molecule has 0 atom stereocenters. The molecule has 0 unspecified atom stereocenters. The number of hydrogen-bond donors (Lipinski definition) is 2. The number of aryl methyl sites for hydroxylation is 1. The van der Waals surface area contributed by atoms with Crippen LogP contribution in [0.4, 0.5) is 5.95 Å². The fraction of sp³-hybridized carbons (Fsp3) is 0.0909. The summed E-state index contributed by atoms with van der Waals surface area (Å²) >= 11 is 1.52. The average molecular weight is 274 g/mol. The molecule has 3 heterocycles. The van der Waals surface area contributed by atoms with Crippen molar-refractivity contribution in [3.05, 3.63) is 28.9 Å². The van der Waals surface area contributed by atoms with E-state index in [4.69, 9.17) is 11.5 Å². The molecule has 1 amide bonds. The highest BCUT2D eigenvalue weighted by Crippen LogP contribution is 2.27. The number of carbonyl (C=O) groups is 1. The number of nitrogens with zero attached hydrogens (tertiary/aromatic N) is 4. The summed E-state index contributed by atoms with van der Waals surface area (Å²) in [5.41, 5.74) is 11.2. The molecule has 0 aliphatic carbocycles. The lowest BCUT2D eigenvalue weighted by atomic mass is 10.3. The zero-order valence-corrected chi connectivity index (χ0v) is 10.8. The van der Waals surface area contributed by atoms with Gasteiger partial charge in [0.1, 0.15) is 4.83 Å². The molecule has 0 saturated carbocycles. The molecule has 3 rings (SSSR count). The van der Waals surface area contributed by atoms with Crippen molar-refractivity contribution in [2.75, 3.05) is 5.73 Å². The molecule has 3 aromatic heterocycles. The molecule has 3 aromatic rings. The maximum absolute atomic E-state index is 11.1. The van der Waals surface area contributed by atoms with E-state index < -0.39 is 5.91 Å². The lowest BCUT2D eigenvalue weighted by Gasteiger charge is -2.02. The standard InChI is InChI=1S/C11H10N6OS/c1-5-2-7-9(15-11(13)16-10(7)19-5)17-4-6(3-14-17)8(12)18/h2-4H,1H3,(H2,12,18)(H2,13,15,16). The van der Waals surface area contributed by atoms with Gasteiger partial charge in [0.25, 0.3) is 5.91 Å². The third kappa shape index (κ3) is 1.91. The van der Waals surface area contributed by atoms with E-state index in [0.717, 1.165) is 15.1 Å². The first-order chi connectivity index (χ1) is 9.04. The van der Waals surface area contributed by atoms with Gasteiger partial charge in [-0.05, 0) is 13.0 Å². The molecule has 96 valence electrons. The van der Waals surface area contributed by atoms with Gasteiger partial charge in [0.15, 0.2) is 5.82 Å². The van der Waals surface area contributed by atoms with Crippen molar-refractivity contribution >= 4 is 33.4 Å². The van der Waals surface area contributed by atoms with Crippen LogP contribution in [0.15, 0.2) is 18.5 Å². The van der Waals surface area contributed by atoms with Crippen LogP contribution in [0.5, 0.6) is 0 Å². The number of hydrogen-bond acceptors (Lipinski definition) is 6. The van der Waals surface area contributed by atoms with E-state index in [0.29, 0.717) is 11.4 Å². The van der Waals surface area contributed by atoms with Crippen molar-refractivity contribution in [1.82, 2.24) is 19.7 Å². The summed E-state index contributed by atoms with van der Waals surface area (Å²) in [6.07, 6.45) is 2.92. The van der Waals surface area contributed by atoms with Crippen LogP contribution in [0.1, 0.15) is 15.2 Å². The first-order valence-electron chi connectivity index (χ1n) is 5.43. The molecule has 0 aliphatic rings. The van der Waals surface area contributed by atoms with E-state index in [2.05, 4.69) is 15.1 Å². The van der Waals surface area contributed by atoms with Crippen LogP contribution in [0.2, 0.25) is 0 Å². The van der Waals surface area contributed by atoms with Gasteiger partial charge in [-0.15, -0.1) is 11.3 Å². The van der Waals surface area contributed by atoms with Crippen LogP contribution in [-0.2, 0) is 0 Å². The maximum Gasteiger partial charge on any atom is 0.251 e. The summed E-state index contributed by atoms with van der Waals surface area (Å²) in [5.74, 6) is 0.172. The van der Waals surface area contributed by atoms with Gasteiger partial charge in [-0.2, -0.15) is 10.1 Å². The van der Waals surface area contributed by atoms with Gasteiger partial charge < -0.3 is 11.5 Å². The van der Waals surface area contributed by atoms with Crippen LogP contribution in [-0.4, -0.2) is 25.7 Å². The number of aromatic nitrogens is 4. The number of thiophene rings is 1. The number of carbonyl (C=O) groups excluding carboxylic acids is 1. The van der Waals surface area contributed by atoms with Crippen LogP contribution in [0.25, 0.3) is 16.0 Å². The lowest BCUT2D eigenvalue weighted by Crippen LogP contribution is -2.09. The Morgan fingerprint density at radius 3 is 2.89 bits per heavy atom. The highest BCUT2D eigenvalue weighted by molar-refractivity contribution is 7.18. The summed E-state index contributed by atoms with van der Waals surface area (Å²) in [6, 6.07) is 1.96. The zero-order valence-electron chi connectivity index (χ0n) is 9.99. The van der Waals surface area contributed by atoms with Crippen molar-refractivity contribution in [2.45, 2.75) is 6.92 Å². The summed E-state index contributed by atoms with van der Waals surface area (Å²) < 4.78 is 1.48. The van der Waals surface area contributed by atoms with E-state index >= 15 is 0 Å². The number of fused-ring (bicyclic) bond motifs is 1. The van der Waals surface area contributed by atoms with E-state index in [1.54, 1.807) is 0 Å². The second-order valence-electron chi connectivity index (χ2n) is 4.02. The molecule has 0 aromatic carbocycles. The Bertz CT molecular complexity index is 790. The Hall–Kier alpha value is -2.48. The smallest absolute Gasteiger partial charge is 0.251 e. The monoisotopic (exact) mass is 274 g/mol. The van der Waals surface area contributed by atoms with Crippen molar-refractivity contribution in [3.8, 4) is 5.82 Å². The fourth-order valence-electron chi connectivity index (χ4n) is 1.78. The van der Waals surface area contributed by atoms with Crippen molar-refractivity contribution in [3.63, 3.8) is 0 Å². The normalized spacial score (nSPS) is 11.0. The predicted molar refractivity (Wildman–Crippen MR) is 72.2 cm³/mol. The highest BCUT2D eigenvalue weighted by Gasteiger charge is 2.13. The third-order valence-corrected chi connectivity index (χ3v) is 3.54. The van der Waals surface area contributed by atoms with Gasteiger partial charge in [-0.25, -0.2) is 9.67 Å². The number of primary amides is 1. The molecule has 0 fully saturated rings. The summed E-state index contributed by atoms with van der Waals surface area (Å²) in [5, 5.41) is 4.93. The van der Waals surface area contributed by atoms with Crippen LogP contribution < -0.4 is 11.5 Å². The summed E-state index contributed by atoms with van der Waals surface area (Å²) in [6.45, 7) is 1.98. The molecule has 4 N–H and O–H groups in total. The van der Waals surface area contributed by atoms with Gasteiger partial charge >= 0.3 is 0 Å². The fourth-order valence-corrected chi connectivity index (χ4v) is 2.66. The van der Waals surface area contributed by atoms with Gasteiger partial charge in [-0.1, -0.05) is 0 Å². The number of amides is 1. The summed E-state index contributed by atoms with van der Waals surface area (Å²) in [7, 11) is 0. The molecule has 0 saturated heterocycles. The molecule has 0 aliphatic heterocycles. The van der Waals surface area contributed by atoms with Crippen molar-refractivity contribution < 1.29 is 4.79 Å². The molecular weight excluding hydrogens is 264 g/mol. The van der Waals surface area contributed by atoms with Crippen LogP contribution in [0.3, 0.4) is 0 Å². The van der Waals surface area contributed by atoms with Crippen LogP contribution in [0, 0.1) is 6.92 Å². The Morgan fingerprint density at radius 1 is 1.42 bits per heavy atom. The second kappa shape index (κ2) is 4.02. The Morgan fingerprint density at radius 2 is 2.21 bits per heavy atom. The van der Waals surface area contributed by atoms with Gasteiger partial charge in [0, 0.05) is 11.1 Å². The van der Waals surface area contributed by atoms with Crippen molar-refractivity contribution in [2.24, 2.45) is 5.73 Å². The minimum atomic E-state index is -0.536. The first kappa shape index (κ1) is 11.6. The van der Waals surface area contributed by atoms with E-state index in [-0.39, 0.29) is 5.95 Å². The average Bonchev–Trinajstić information content (AvgIpc) is 2.93. The molecular formula is C11H10N6OS. The van der Waals surface area contributed by atoms with Gasteiger partial charge in [-0.3, -0.25) is 4.79 Å². The topological polar surface area (TPSA) is 113 Å². The first-order valence-corrected chi connectivity index (χ1v) is 6.25. The minimum absolute atomic E-state index is 0.167. The zero-order chi connectivity index (χ0) is 13.6. The second-order valence-corrected chi connectivity index (χ2v) is 5.25. The molecule has 7 nitrogen and oxygen atoms in total. The van der Waals surface area contributed by atoms with Crippen molar-refractivity contribution in [1.29, 1.82) is 0 Å². The summed E-state index contributed by atoms with van der Waals surface area (Å²) in [4.78, 5) is 21.3. The van der Waals surface area contributed by atoms with Gasteiger partial charge in [0.2, 0.25) is 5.95 Å². The molecule has 19 heavy (non-hydrogen) atoms. The van der Waals surface area contributed by atoms with E-state index in [9.17, 15) is 4.79 Å². The predicted octanol–water partition coefficient (Wildman–Crippen LogP) is 0.867. The number of anilines is 1. The Kier molecular flexibility index (Phi) is 2.46. The Labute approximate surface area is 111 Å². The maximum atomic E-state index is 11.1. The molecule has 0 radical (unpaired) electrons.